The standard InChI is InChI=1S/C17H22N2O2/c1-11-12(2)18-16-7-4-13(10-15(11)16)17(20)19(8-9-21-3)14-5-6-14/h4,7,10,14,18H,5-6,8-9H2,1-3H3. The molecule has 0 atom stereocenters. The molecule has 1 fully saturated rings. The lowest BCUT2D eigenvalue weighted by Gasteiger charge is -2.22. The van der Waals surface area contributed by atoms with Gasteiger partial charge in [-0.1, -0.05) is 0 Å². The van der Waals surface area contributed by atoms with E-state index >= 15 is 0 Å². The minimum atomic E-state index is 0.120. The molecule has 1 aliphatic carbocycles. The van der Waals surface area contributed by atoms with Crippen LogP contribution in [0, 0.1) is 13.8 Å². The van der Waals surface area contributed by atoms with Crippen molar-refractivity contribution in [2.45, 2.75) is 32.7 Å². The summed E-state index contributed by atoms with van der Waals surface area (Å²) in [6.07, 6.45) is 2.22. The van der Waals surface area contributed by atoms with Crippen LogP contribution in [-0.2, 0) is 4.74 Å². The highest BCUT2D eigenvalue weighted by atomic mass is 16.5. The molecule has 1 saturated carbocycles. The topological polar surface area (TPSA) is 45.3 Å². The van der Waals surface area contributed by atoms with Crippen LogP contribution in [0.25, 0.3) is 10.9 Å². The number of benzene rings is 1. The van der Waals surface area contributed by atoms with E-state index in [0.29, 0.717) is 19.2 Å². The maximum atomic E-state index is 12.8. The normalized spacial score (nSPS) is 14.6. The summed E-state index contributed by atoms with van der Waals surface area (Å²) in [6, 6.07) is 6.34. The number of carbonyl (C=O) groups excluding carboxylic acids is 1. The first-order chi connectivity index (χ1) is 10.1. The van der Waals surface area contributed by atoms with Crippen molar-refractivity contribution in [2.75, 3.05) is 20.3 Å². The molecular weight excluding hydrogens is 264 g/mol. The van der Waals surface area contributed by atoms with E-state index in [2.05, 4.69) is 18.8 Å². The van der Waals surface area contributed by atoms with Crippen molar-refractivity contribution in [2.24, 2.45) is 0 Å². The molecule has 1 aliphatic rings. The van der Waals surface area contributed by atoms with Gasteiger partial charge in [0.2, 0.25) is 0 Å². The Kier molecular flexibility index (Phi) is 3.72. The van der Waals surface area contributed by atoms with Gasteiger partial charge >= 0.3 is 0 Å². The molecule has 1 heterocycles. The molecule has 0 radical (unpaired) electrons. The van der Waals surface area contributed by atoms with Crippen molar-refractivity contribution in [3.05, 3.63) is 35.0 Å². The lowest BCUT2D eigenvalue weighted by molar-refractivity contribution is 0.0680. The molecule has 4 heteroatoms. The minimum Gasteiger partial charge on any atom is -0.383 e. The lowest BCUT2D eigenvalue weighted by atomic mass is 10.1. The summed E-state index contributed by atoms with van der Waals surface area (Å²) in [7, 11) is 1.67. The number of rotatable bonds is 5. The van der Waals surface area contributed by atoms with Crippen LogP contribution in [0.2, 0.25) is 0 Å². The third-order valence-electron chi connectivity index (χ3n) is 4.34. The van der Waals surface area contributed by atoms with Crippen molar-refractivity contribution >= 4 is 16.8 Å². The second-order valence-corrected chi connectivity index (χ2v) is 5.86. The van der Waals surface area contributed by atoms with Gasteiger partial charge in [0.15, 0.2) is 0 Å². The second kappa shape index (κ2) is 5.53. The third-order valence-corrected chi connectivity index (χ3v) is 4.34. The zero-order chi connectivity index (χ0) is 15.0. The van der Waals surface area contributed by atoms with E-state index in [1.807, 2.05) is 23.1 Å². The SMILES string of the molecule is COCCN(C(=O)c1ccc2[nH]c(C)c(C)c2c1)C1CC1. The number of hydrogen-bond acceptors (Lipinski definition) is 2. The Morgan fingerprint density at radius 3 is 2.81 bits per heavy atom. The van der Waals surface area contributed by atoms with Gasteiger partial charge in [-0.25, -0.2) is 0 Å². The summed E-state index contributed by atoms with van der Waals surface area (Å²) in [5, 5.41) is 1.14. The Bertz CT molecular complexity index is 671. The summed E-state index contributed by atoms with van der Waals surface area (Å²) < 4.78 is 5.13. The summed E-state index contributed by atoms with van der Waals surface area (Å²) in [5.41, 5.74) is 4.24. The van der Waals surface area contributed by atoms with Crippen LogP contribution in [0.3, 0.4) is 0 Å². The largest absolute Gasteiger partial charge is 0.383 e. The number of aryl methyl sites for hydroxylation is 2. The average Bonchev–Trinajstić information content (AvgIpc) is 3.27. The van der Waals surface area contributed by atoms with E-state index in [4.69, 9.17) is 4.74 Å². The van der Waals surface area contributed by atoms with Gasteiger partial charge in [0, 0.05) is 41.9 Å². The quantitative estimate of drug-likeness (QED) is 0.918. The molecule has 0 bridgehead atoms. The molecule has 112 valence electrons. The molecule has 2 aromatic rings. The van der Waals surface area contributed by atoms with Gasteiger partial charge in [-0.2, -0.15) is 0 Å². The average molecular weight is 286 g/mol. The highest BCUT2D eigenvalue weighted by Gasteiger charge is 2.32. The zero-order valence-corrected chi connectivity index (χ0v) is 12.9. The minimum absolute atomic E-state index is 0.120. The summed E-state index contributed by atoms with van der Waals surface area (Å²) in [5.74, 6) is 0.120. The van der Waals surface area contributed by atoms with Crippen LogP contribution in [0.5, 0.6) is 0 Å². The first-order valence-electron chi connectivity index (χ1n) is 7.50. The highest BCUT2D eigenvalue weighted by molar-refractivity contribution is 5.99. The fourth-order valence-electron chi connectivity index (χ4n) is 2.79. The second-order valence-electron chi connectivity index (χ2n) is 5.86. The zero-order valence-electron chi connectivity index (χ0n) is 12.9. The van der Waals surface area contributed by atoms with E-state index in [1.165, 1.54) is 5.56 Å². The molecule has 0 unspecified atom stereocenters. The van der Waals surface area contributed by atoms with Crippen LogP contribution < -0.4 is 0 Å². The van der Waals surface area contributed by atoms with Crippen LogP contribution >= 0.6 is 0 Å². The number of hydrogen-bond donors (Lipinski definition) is 1. The monoisotopic (exact) mass is 286 g/mol. The predicted molar refractivity (Wildman–Crippen MR) is 83.7 cm³/mol. The lowest BCUT2D eigenvalue weighted by Crippen LogP contribution is -2.35. The van der Waals surface area contributed by atoms with E-state index in [0.717, 1.165) is 35.0 Å². The number of ether oxygens (including phenoxy) is 1. The van der Waals surface area contributed by atoms with Crippen molar-refractivity contribution in [3.63, 3.8) is 0 Å². The van der Waals surface area contributed by atoms with Crippen LogP contribution in [-0.4, -0.2) is 42.1 Å². The number of fused-ring (bicyclic) bond motifs is 1. The summed E-state index contributed by atoms with van der Waals surface area (Å²) in [6.45, 7) is 5.41. The smallest absolute Gasteiger partial charge is 0.254 e. The van der Waals surface area contributed by atoms with E-state index in [1.54, 1.807) is 7.11 Å². The number of H-pyrrole nitrogens is 1. The van der Waals surface area contributed by atoms with Gasteiger partial charge in [0.05, 0.1) is 6.61 Å². The van der Waals surface area contributed by atoms with Gasteiger partial charge in [-0.15, -0.1) is 0 Å². The molecule has 0 spiro atoms. The predicted octanol–water partition coefficient (Wildman–Crippen LogP) is 3.04. The maximum Gasteiger partial charge on any atom is 0.254 e. The van der Waals surface area contributed by atoms with Gasteiger partial charge in [0.1, 0.15) is 0 Å². The van der Waals surface area contributed by atoms with Gasteiger partial charge < -0.3 is 14.6 Å². The van der Waals surface area contributed by atoms with Crippen molar-refractivity contribution in [1.29, 1.82) is 0 Å². The van der Waals surface area contributed by atoms with Crippen molar-refractivity contribution in [1.82, 2.24) is 9.88 Å². The molecule has 1 aromatic carbocycles. The Labute approximate surface area is 125 Å². The van der Waals surface area contributed by atoms with E-state index in [9.17, 15) is 4.79 Å². The fraction of sp³-hybridized carbons (Fsp3) is 0.471. The molecular formula is C17H22N2O2. The van der Waals surface area contributed by atoms with Crippen LogP contribution in [0.15, 0.2) is 18.2 Å². The molecule has 3 rings (SSSR count). The number of aromatic nitrogens is 1. The van der Waals surface area contributed by atoms with Gasteiger partial charge in [-0.3, -0.25) is 4.79 Å². The number of carbonyl (C=O) groups is 1. The fourth-order valence-corrected chi connectivity index (χ4v) is 2.79. The Morgan fingerprint density at radius 1 is 1.38 bits per heavy atom. The Morgan fingerprint density at radius 2 is 2.14 bits per heavy atom. The number of amides is 1. The van der Waals surface area contributed by atoms with E-state index < -0.39 is 0 Å². The van der Waals surface area contributed by atoms with Gasteiger partial charge in [-0.05, 0) is 50.5 Å². The van der Waals surface area contributed by atoms with Crippen LogP contribution in [0.4, 0.5) is 0 Å². The molecule has 0 saturated heterocycles. The highest BCUT2D eigenvalue weighted by Crippen LogP contribution is 2.29. The van der Waals surface area contributed by atoms with Crippen molar-refractivity contribution < 1.29 is 9.53 Å². The molecule has 21 heavy (non-hydrogen) atoms. The van der Waals surface area contributed by atoms with E-state index in [-0.39, 0.29) is 5.91 Å². The molecule has 1 aromatic heterocycles. The maximum absolute atomic E-state index is 12.8. The van der Waals surface area contributed by atoms with Gasteiger partial charge in [0.25, 0.3) is 5.91 Å². The van der Waals surface area contributed by atoms with Crippen LogP contribution in [0.1, 0.15) is 34.5 Å². The molecule has 4 nitrogen and oxygen atoms in total. The Balaban J connectivity index is 1.90. The first-order valence-corrected chi connectivity index (χ1v) is 7.50. The molecule has 1 N–H and O–H groups in total. The van der Waals surface area contributed by atoms with Crippen molar-refractivity contribution in [3.8, 4) is 0 Å². The summed E-state index contributed by atoms with van der Waals surface area (Å²) >= 11 is 0. The number of aromatic amines is 1. The number of methoxy groups -OCH3 is 1. The first kappa shape index (κ1) is 14.1. The Hall–Kier alpha value is -1.81. The summed E-state index contributed by atoms with van der Waals surface area (Å²) in [4.78, 5) is 18.1. The molecule has 0 aliphatic heterocycles. The number of nitrogens with one attached hydrogen (secondary N) is 1. The third kappa shape index (κ3) is 2.68. The number of nitrogens with zero attached hydrogens (tertiary/aromatic N) is 1. The molecule has 1 amide bonds.